The third-order valence-corrected chi connectivity index (χ3v) is 3.41. The SMILES string of the molecule is Cn1nc(-c2cccc(NC(=O)Nc3ccccc3)c2)ccc1=O. The lowest BCUT2D eigenvalue weighted by molar-refractivity contribution is 0.262. The van der Waals surface area contributed by atoms with E-state index in [0.29, 0.717) is 17.1 Å². The van der Waals surface area contributed by atoms with Gasteiger partial charge in [-0.25, -0.2) is 9.48 Å². The van der Waals surface area contributed by atoms with Crippen molar-refractivity contribution >= 4 is 17.4 Å². The van der Waals surface area contributed by atoms with Crippen molar-refractivity contribution in [2.75, 3.05) is 10.6 Å². The van der Waals surface area contributed by atoms with Crippen molar-refractivity contribution in [1.82, 2.24) is 9.78 Å². The van der Waals surface area contributed by atoms with Crippen LogP contribution in [0.15, 0.2) is 71.5 Å². The summed E-state index contributed by atoms with van der Waals surface area (Å²) in [6, 6.07) is 19.3. The van der Waals surface area contributed by atoms with Crippen LogP contribution in [0.2, 0.25) is 0 Å². The molecule has 24 heavy (non-hydrogen) atoms. The van der Waals surface area contributed by atoms with E-state index in [1.165, 1.54) is 10.7 Å². The maximum atomic E-state index is 12.0. The number of carbonyl (C=O) groups excluding carboxylic acids is 1. The Kier molecular flexibility index (Phi) is 4.38. The second-order valence-electron chi connectivity index (χ2n) is 5.21. The molecule has 6 nitrogen and oxygen atoms in total. The summed E-state index contributed by atoms with van der Waals surface area (Å²) in [5.74, 6) is 0. The molecule has 0 aliphatic rings. The molecule has 0 unspecified atom stereocenters. The maximum absolute atomic E-state index is 12.0. The van der Waals surface area contributed by atoms with Crippen molar-refractivity contribution in [1.29, 1.82) is 0 Å². The Bertz CT molecular complexity index is 920. The summed E-state index contributed by atoms with van der Waals surface area (Å²) < 4.78 is 1.28. The number of benzene rings is 2. The van der Waals surface area contributed by atoms with Gasteiger partial charge < -0.3 is 10.6 Å². The molecule has 0 saturated carbocycles. The van der Waals surface area contributed by atoms with E-state index in [9.17, 15) is 9.59 Å². The Hall–Kier alpha value is -3.41. The minimum Gasteiger partial charge on any atom is -0.308 e. The van der Waals surface area contributed by atoms with Crippen LogP contribution in [0.5, 0.6) is 0 Å². The second kappa shape index (κ2) is 6.78. The zero-order chi connectivity index (χ0) is 16.9. The van der Waals surface area contributed by atoms with Gasteiger partial charge in [-0.1, -0.05) is 30.3 Å². The van der Waals surface area contributed by atoms with E-state index in [2.05, 4.69) is 15.7 Å². The average Bonchev–Trinajstić information content (AvgIpc) is 2.58. The van der Waals surface area contributed by atoms with E-state index in [1.54, 1.807) is 25.2 Å². The van der Waals surface area contributed by atoms with Gasteiger partial charge in [0.2, 0.25) is 0 Å². The number of anilines is 2. The van der Waals surface area contributed by atoms with Gasteiger partial charge in [0.15, 0.2) is 0 Å². The van der Waals surface area contributed by atoms with Gasteiger partial charge in [0.25, 0.3) is 5.56 Å². The van der Waals surface area contributed by atoms with Gasteiger partial charge in [-0.05, 0) is 30.3 Å². The van der Waals surface area contributed by atoms with Crippen LogP contribution >= 0.6 is 0 Å². The van der Waals surface area contributed by atoms with Crippen LogP contribution in [0.4, 0.5) is 16.2 Å². The van der Waals surface area contributed by atoms with Crippen molar-refractivity contribution in [3.63, 3.8) is 0 Å². The van der Waals surface area contributed by atoms with Gasteiger partial charge in [0, 0.05) is 30.1 Å². The number of hydrogen-bond donors (Lipinski definition) is 2. The first-order chi connectivity index (χ1) is 11.6. The fourth-order valence-corrected chi connectivity index (χ4v) is 2.23. The largest absolute Gasteiger partial charge is 0.323 e. The van der Waals surface area contributed by atoms with E-state index in [0.717, 1.165) is 5.56 Å². The van der Waals surface area contributed by atoms with Crippen molar-refractivity contribution in [2.24, 2.45) is 7.05 Å². The fourth-order valence-electron chi connectivity index (χ4n) is 2.23. The molecule has 0 bridgehead atoms. The van der Waals surface area contributed by atoms with Crippen LogP contribution in [-0.2, 0) is 7.05 Å². The number of para-hydroxylation sites is 1. The number of carbonyl (C=O) groups is 1. The number of aromatic nitrogens is 2. The lowest BCUT2D eigenvalue weighted by Gasteiger charge is -2.09. The van der Waals surface area contributed by atoms with Gasteiger partial charge in [0.1, 0.15) is 0 Å². The maximum Gasteiger partial charge on any atom is 0.323 e. The van der Waals surface area contributed by atoms with Gasteiger partial charge in [-0.2, -0.15) is 5.10 Å². The quantitative estimate of drug-likeness (QED) is 0.778. The standard InChI is InChI=1S/C18H16N4O2/c1-22-17(23)11-10-16(21-22)13-6-5-9-15(12-13)20-18(24)19-14-7-3-2-4-8-14/h2-12H,1H3,(H2,19,20,24). The number of amides is 2. The van der Waals surface area contributed by atoms with Crippen LogP contribution in [0.3, 0.4) is 0 Å². The van der Waals surface area contributed by atoms with Gasteiger partial charge in [-0.15, -0.1) is 0 Å². The highest BCUT2D eigenvalue weighted by atomic mass is 16.2. The van der Waals surface area contributed by atoms with E-state index < -0.39 is 0 Å². The number of nitrogens with one attached hydrogen (secondary N) is 2. The third-order valence-electron chi connectivity index (χ3n) is 3.41. The summed E-state index contributed by atoms with van der Waals surface area (Å²) >= 11 is 0. The predicted molar refractivity (Wildman–Crippen MR) is 94.0 cm³/mol. The first-order valence-corrected chi connectivity index (χ1v) is 7.40. The van der Waals surface area contributed by atoms with E-state index >= 15 is 0 Å². The molecule has 2 amide bonds. The first kappa shape index (κ1) is 15.5. The molecule has 120 valence electrons. The number of nitrogens with zero attached hydrogens (tertiary/aromatic N) is 2. The lowest BCUT2D eigenvalue weighted by Crippen LogP contribution is -2.19. The molecular weight excluding hydrogens is 304 g/mol. The van der Waals surface area contributed by atoms with E-state index in [4.69, 9.17) is 0 Å². The Morgan fingerprint density at radius 2 is 1.62 bits per heavy atom. The topological polar surface area (TPSA) is 76.0 Å². The van der Waals surface area contributed by atoms with Crippen molar-refractivity contribution in [3.05, 3.63) is 77.1 Å². The molecule has 2 aromatic carbocycles. The Balaban J connectivity index is 1.76. The summed E-state index contributed by atoms with van der Waals surface area (Å²) in [5, 5.41) is 9.74. The van der Waals surface area contributed by atoms with Crippen LogP contribution in [0.25, 0.3) is 11.3 Å². The average molecular weight is 320 g/mol. The molecule has 0 aliphatic carbocycles. The second-order valence-corrected chi connectivity index (χ2v) is 5.21. The van der Waals surface area contributed by atoms with Crippen LogP contribution < -0.4 is 16.2 Å². The molecule has 3 rings (SSSR count). The minimum absolute atomic E-state index is 0.171. The van der Waals surface area contributed by atoms with Crippen molar-refractivity contribution in [3.8, 4) is 11.3 Å². The summed E-state index contributed by atoms with van der Waals surface area (Å²) in [6.45, 7) is 0. The molecule has 0 fully saturated rings. The highest BCUT2D eigenvalue weighted by Crippen LogP contribution is 2.20. The number of hydrogen-bond acceptors (Lipinski definition) is 3. The Morgan fingerprint density at radius 1 is 0.917 bits per heavy atom. The minimum atomic E-state index is -0.327. The van der Waals surface area contributed by atoms with Gasteiger partial charge >= 0.3 is 6.03 Å². The zero-order valence-electron chi connectivity index (χ0n) is 13.1. The first-order valence-electron chi connectivity index (χ1n) is 7.40. The fraction of sp³-hybridized carbons (Fsp3) is 0.0556. The Morgan fingerprint density at radius 3 is 2.38 bits per heavy atom. The summed E-state index contributed by atoms with van der Waals surface area (Å²) in [7, 11) is 1.60. The number of aryl methyl sites for hydroxylation is 1. The molecule has 2 N–H and O–H groups in total. The monoisotopic (exact) mass is 320 g/mol. The molecule has 1 heterocycles. The summed E-state index contributed by atoms with van der Waals surface area (Å²) in [4.78, 5) is 23.5. The van der Waals surface area contributed by atoms with Crippen LogP contribution in [-0.4, -0.2) is 15.8 Å². The van der Waals surface area contributed by atoms with Gasteiger partial charge in [0.05, 0.1) is 5.69 Å². The summed E-state index contributed by atoms with van der Waals surface area (Å²) in [6.07, 6.45) is 0. The normalized spacial score (nSPS) is 10.2. The molecule has 0 spiro atoms. The molecule has 0 saturated heterocycles. The third kappa shape index (κ3) is 3.67. The van der Waals surface area contributed by atoms with Crippen LogP contribution in [0, 0.1) is 0 Å². The molecule has 0 radical (unpaired) electrons. The highest BCUT2D eigenvalue weighted by Gasteiger charge is 2.05. The van der Waals surface area contributed by atoms with Crippen molar-refractivity contribution in [2.45, 2.75) is 0 Å². The molecular formula is C18H16N4O2. The Labute approximate surface area is 138 Å². The highest BCUT2D eigenvalue weighted by molar-refractivity contribution is 6.00. The van der Waals surface area contributed by atoms with E-state index in [-0.39, 0.29) is 11.6 Å². The molecule has 3 aromatic rings. The molecule has 0 atom stereocenters. The molecule has 6 heteroatoms. The molecule has 0 aliphatic heterocycles. The lowest BCUT2D eigenvalue weighted by atomic mass is 10.1. The summed E-state index contributed by atoms with van der Waals surface area (Å²) in [5.41, 5.74) is 2.64. The number of urea groups is 1. The zero-order valence-corrected chi connectivity index (χ0v) is 13.1. The molecule has 1 aromatic heterocycles. The predicted octanol–water partition coefficient (Wildman–Crippen LogP) is 3.09. The smallest absolute Gasteiger partial charge is 0.308 e. The van der Waals surface area contributed by atoms with Crippen molar-refractivity contribution < 1.29 is 4.79 Å². The van der Waals surface area contributed by atoms with E-state index in [1.807, 2.05) is 42.5 Å². The van der Waals surface area contributed by atoms with Crippen LogP contribution in [0.1, 0.15) is 0 Å². The number of rotatable bonds is 3. The van der Waals surface area contributed by atoms with Gasteiger partial charge in [-0.3, -0.25) is 4.79 Å².